The fourth-order valence-electron chi connectivity index (χ4n) is 3.64. The largest absolute Gasteiger partial charge is 0.369 e. The maximum absolute atomic E-state index is 12.6. The van der Waals surface area contributed by atoms with E-state index < -0.39 is 0 Å². The van der Waals surface area contributed by atoms with Crippen molar-refractivity contribution in [1.29, 1.82) is 0 Å². The summed E-state index contributed by atoms with van der Waals surface area (Å²) in [5.74, 6) is 2.17. The van der Waals surface area contributed by atoms with Gasteiger partial charge in [-0.15, -0.1) is 0 Å². The number of carbonyl (C=O) groups is 1. The van der Waals surface area contributed by atoms with Crippen LogP contribution in [0.5, 0.6) is 0 Å². The molecule has 1 aliphatic heterocycles. The minimum Gasteiger partial charge on any atom is -0.369 e. The first-order chi connectivity index (χ1) is 11.6. The molecule has 5 nitrogen and oxygen atoms in total. The molecule has 2 aromatic rings. The zero-order valence-corrected chi connectivity index (χ0v) is 14.7. The molecule has 1 aromatic carbocycles. The topological polar surface area (TPSA) is 73.3 Å². The van der Waals surface area contributed by atoms with Gasteiger partial charge in [-0.2, -0.15) is 0 Å². The molecule has 0 amide bonds. The normalized spacial score (nSPS) is 21.5. The molecule has 1 aliphatic carbocycles. The summed E-state index contributed by atoms with van der Waals surface area (Å²) in [4.78, 5) is 21.7. The SMILES string of the molecule is CC1CSC(n2c(N)nc3ccc(C(=O)CC4CCCC4)cc32)=N1. The van der Waals surface area contributed by atoms with E-state index in [0.717, 1.165) is 27.5 Å². The van der Waals surface area contributed by atoms with Crippen molar-refractivity contribution in [3.8, 4) is 0 Å². The van der Waals surface area contributed by atoms with E-state index in [4.69, 9.17) is 5.73 Å². The van der Waals surface area contributed by atoms with Crippen molar-refractivity contribution in [2.45, 2.75) is 45.1 Å². The summed E-state index contributed by atoms with van der Waals surface area (Å²) < 4.78 is 1.88. The first kappa shape index (κ1) is 15.7. The number of nitrogens with zero attached hydrogens (tertiary/aromatic N) is 3. The smallest absolute Gasteiger partial charge is 0.207 e. The highest BCUT2D eigenvalue weighted by Crippen LogP contribution is 2.30. The Bertz CT molecular complexity index is 820. The summed E-state index contributed by atoms with van der Waals surface area (Å²) in [5.41, 5.74) is 8.56. The lowest BCUT2D eigenvalue weighted by atomic mass is 9.97. The molecule has 2 N–H and O–H groups in total. The van der Waals surface area contributed by atoms with Gasteiger partial charge < -0.3 is 5.73 Å². The number of anilines is 1. The monoisotopic (exact) mass is 342 g/mol. The average Bonchev–Trinajstić information content (AvgIpc) is 3.26. The summed E-state index contributed by atoms with van der Waals surface area (Å²) in [7, 11) is 0. The number of aliphatic imine (C=N–C) groups is 1. The van der Waals surface area contributed by atoms with Gasteiger partial charge >= 0.3 is 0 Å². The second-order valence-electron chi connectivity index (χ2n) is 6.86. The van der Waals surface area contributed by atoms with Crippen molar-refractivity contribution in [3.05, 3.63) is 23.8 Å². The summed E-state index contributed by atoms with van der Waals surface area (Å²) in [6.45, 7) is 2.09. The Balaban J connectivity index is 1.69. The van der Waals surface area contributed by atoms with E-state index in [0.29, 0.717) is 18.3 Å². The summed E-state index contributed by atoms with van der Waals surface area (Å²) in [6.07, 6.45) is 5.54. The van der Waals surface area contributed by atoms with Crippen molar-refractivity contribution in [1.82, 2.24) is 9.55 Å². The van der Waals surface area contributed by atoms with Gasteiger partial charge in [0.15, 0.2) is 11.0 Å². The number of nitrogens with two attached hydrogens (primary N) is 1. The number of Topliss-reactive ketones (excluding diaryl/α,β-unsaturated/α-hetero) is 1. The van der Waals surface area contributed by atoms with E-state index in [2.05, 4.69) is 16.9 Å². The van der Waals surface area contributed by atoms with E-state index in [1.807, 2.05) is 22.8 Å². The van der Waals surface area contributed by atoms with Crippen molar-refractivity contribution in [3.63, 3.8) is 0 Å². The number of fused-ring (bicyclic) bond motifs is 1. The lowest BCUT2D eigenvalue weighted by Gasteiger charge is -2.09. The number of nitrogen functional groups attached to an aromatic ring is 1. The van der Waals surface area contributed by atoms with Gasteiger partial charge in [0.25, 0.3) is 0 Å². The van der Waals surface area contributed by atoms with Gasteiger partial charge in [-0.1, -0.05) is 37.4 Å². The van der Waals surface area contributed by atoms with Gasteiger partial charge in [0.1, 0.15) is 0 Å². The molecule has 0 spiro atoms. The van der Waals surface area contributed by atoms with Crippen molar-refractivity contribution in [2.24, 2.45) is 10.9 Å². The molecule has 1 atom stereocenters. The fraction of sp³-hybridized carbons (Fsp3) is 0.500. The molecule has 6 heteroatoms. The van der Waals surface area contributed by atoms with E-state index in [1.54, 1.807) is 11.8 Å². The second kappa shape index (κ2) is 6.24. The molecule has 0 radical (unpaired) electrons. The fourth-order valence-corrected chi connectivity index (χ4v) is 4.68. The first-order valence-corrected chi connectivity index (χ1v) is 9.62. The number of thioether (sulfide) groups is 1. The number of ketones is 1. The van der Waals surface area contributed by atoms with Crippen LogP contribution in [0.15, 0.2) is 23.2 Å². The van der Waals surface area contributed by atoms with Crippen LogP contribution >= 0.6 is 11.8 Å². The van der Waals surface area contributed by atoms with Crippen LogP contribution in [-0.2, 0) is 0 Å². The summed E-state index contributed by atoms with van der Waals surface area (Å²) in [6, 6.07) is 5.99. The molecule has 1 unspecified atom stereocenters. The first-order valence-electron chi connectivity index (χ1n) is 8.64. The minimum absolute atomic E-state index is 0.226. The van der Waals surface area contributed by atoms with E-state index >= 15 is 0 Å². The Labute approximate surface area is 145 Å². The predicted octanol–water partition coefficient (Wildman–Crippen LogP) is 3.72. The Morgan fingerprint density at radius 1 is 1.38 bits per heavy atom. The summed E-state index contributed by atoms with van der Waals surface area (Å²) >= 11 is 1.69. The number of carbonyl (C=O) groups excluding carboxylic acids is 1. The van der Waals surface area contributed by atoms with Crippen LogP contribution in [0.1, 0.15) is 49.4 Å². The maximum atomic E-state index is 12.6. The average molecular weight is 342 g/mol. The molecule has 1 saturated carbocycles. The van der Waals surface area contributed by atoms with Crippen LogP contribution < -0.4 is 5.73 Å². The maximum Gasteiger partial charge on any atom is 0.207 e. The molecule has 0 saturated heterocycles. The highest BCUT2D eigenvalue weighted by Gasteiger charge is 2.23. The number of benzene rings is 1. The molecular weight excluding hydrogens is 320 g/mol. The molecule has 1 aromatic heterocycles. The number of imidazole rings is 1. The lowest BCUT2D eigenvalue weighted by Crippen LogP contribution is -2.10. The van der Waals surface area contributed by atoms with Crippen LogP contribution in [-0.4, -0.2) is 32.3 Å². The zero-order chi connectivity index (χ0) is 16.7. The highest BCUT2D eigenvalue weighted by molar-refractivity contribution is 8.14. The number of rotatable bonds is 3. The van der Waals surface area contributed by atoms with Crippen molar-refractivity contribution >= 4 is 39.7 Å². The van der Waals surface area contributed by atoms with E-state index in [9.17, 15) is 4.79 Å². The van der Waals surface area contributed by atoms with Crippen molar-refractivity contribution in [2.75, 3.05) is 11.5 Å². The molecule has 126 valence electrons. The Morgan fingerprint density at radius 3 is 2.88 bits per heavy atom. The molecule has 2 heterocycles. The van der Waals surface area contributed by atoms with Crippen LogP contribution in [0.2, 0.25) is 0 Å². The van der Waals surface area contributed by atoms with Gasteiger partial charge in [0.2, 0.25) is 5.95 Å². The number of hydrogen-bond donors (Lipinski definition) is 1. The summed E-state index contributed by atoms with van der Waals surface area (Å²) in [5, 5.41) is 0.878. The van der Waals surface area contributed by atoms with E-state index in [1.165, 1.54) is 25.7 Å². The van der Waals surface area contributed by atoms with Gasteiger partial charge in [-0.3, -0.25) is 14.4 Å². The van der Waals surface area contributed by atoms with Gasteiger partial charge in [0.05, 0.1) is 17.1 Å². The van der Waals surface area contributed by atoms with Gasteiger partial charge in [-0.25, -0.2) is 4.98 Å². The zero-order valence-electron chi connectivity index (χ0n) is 13.9. The molecule has 0 bridgehead atoms. The van der Waals surface area contributed by atoms with E-state index in [-0.39, 0.29) is 11.8 Å². The van der Waals surface area contributed by atoms with Crippen LogP contribution in [0.4, 0.5) is 5.95 Å². The molecule has 1 fully saturated rings. The second-order valence-corrected chi connectivity index (χ2v) is 7.85. The minimum atomic E-state index is 0.226. The lowest BCUT2D eigenvalue weighted by molar-refractivity contribution is 0.0962. The van der Waals surface area contributed by atoms with Crippen LogP contribution in [0.25, 0.3) is 11.0 Å². The quantitative estimate of drug-likeness (QED) is 0.863. The third-order valence-corrected chi connectivity index (χ3v) is 6.12. The van der Waals surface area contributed by atoms with Crippen LogP contribution in [0, 0.1) is 5.92 Å². The molecular formula is C18H22N4OS. The third-order valence-electron chi connectivity index (χ3n) is 4.93. The molecule has 2 aliphatic rings. The van der Waals surface area contributed by atoms with Crippen molar-refractivity contribution < 1.29 is 4.79 Å². The highest BCUT2D eigenvalue weighted by atomic mass is 32.2. The number of aromatic nitrogens is 2. The standard InChI is InChI=1S/C18H22N4OS/c1-11-10-24-18(20-11)22-15-9-13(6-7-14(15)21-17(22)19)16(23)8-12-4-2-3-5-12/h6-7,9,11-12H,2-5,8,10H2,1H3,(H2,19,21). The Hall–Kier alpha value is -1.82. The Morgan fingerprint density at radius 2 is 2.17 bits per heavy atom. The van der Waals surface area contributed by atoms with Gasteiger partial charge in [0, 0.05) is 17.7 Å². The molecule has 4 rings (SSSR count). The predicted molar refractivity (Wildman–Crippen MR) is 99.8 cm³/mol. The number of hydrogen-bond acceptors (Lipinski definition) is 5. The van der Waals surface area contributed by atoms with Crippen LogP contribution in [0.3, 0.4) is 0 Å². The molecule has 24 heavy (non-hydrogen) atoms. The Kier molecular flexibility index (Phi) is 4.08. The third kappa shape index (κ3) is 2.83. The van der Waals surface area contributed by atoms with Gasteiger partial charge in [-0.05, 0) is 31.0 Å².